The minimum Gasteiger partial charge on any atom is -0.350 e. The van der Waals surface area contributed by atoms with Crippen LogP contribution in [0.15, 0.2) is 0 Å². The first-order valence-electron chi connectivity index (χ1n) is 6.50. The van der Waals surface area contributed by atoms with Gasteiger partial charge >= 0.3 is 12.3 Å². The maximum absolute atomic E-state index is 12.7. The lowest BCUT2D eigenvalue weighted by atomic mass is 10.1. The number of hydrogen-bond acceptors (Lipinski definition) is 2. The first-order chi connectivity index (χ1) is 8.84. The summed E-state index contributed by atoms with van der Waals surface area (Å²) in [4.78, 5) is 13.1. The smallest absolute Gasteiger partial charge is 0.350 e. The van der Waals surface area contributed by atoms with E-state index in [0.29, 0.717) is 6.54 Å². The molecule has 1 heterocycles. The summed E-state index contributed by atoms with van der Waals surface area (Å²) in [6.07, 6.45) is -0.544. The molecule has 1 rings (SSSR count). The molecule has 1 atom stereocenters. The second kappa shape index (κ2) is 7.07. The molecule has 1 saturated heterocycles. The maximum Gasteiger partial charge on any atom is 0.383 e. The van der Waals surface area contributed by atoms with E-state index in [0.717, 1.165) is 25.9 Å². The van der Waals surface area contributed by atoms with Gasteiger partial charge in [0.25, 0.3) is 5.91 Å². The minimum atomic E-state index is -4.61. The number of likely N-dealkylation sites (tertiary alicyclic amines) is 1. The van der Waals surface area contributed by atoms with Crippen molar-refractivity contribution in [3.8, 4) is 0 Å². The molecule has 1 aliphatic heterocycles. The third-order valence-electron chi connectivity index (χ3n) is 3.21. The Bertz CT molecular complexity index is 293. The van der Waals surface area contributed by atoms with E-state index in [9.17, 15) is 22.4 Å². The number of alkyl halides is 4. The van der Waals surface area contributed by atoms with Gasteiger partial charge in [0.05, 0.1) is 0 Å². The van der Waals surface area contributed by atoms with Crippen LogP contribution in [0.25, 0.3) is 0 Å². The van der Waals surface area contributed by atoms with Crippen LogP contribution < -0.4 is 5.32 Å². The lowest BCUT2D eigenvalue weighted by molar-refractivity contribution is -0.169. The van der Waals surface area contributed by atoms with Gasteiger partial charge in [0.15, 0.2) is 0 Å². The fourth-order valence-electron chi connectivity index (χ4n) is 2.13. The zero-order valence-electron chi connectivity index (χ0n) is 11.0. The average Bonchev–Trinajstić information content (AvgIpc) is 2.36. The Balaban J connectivity index is 2.29. The van der Waals surface area contributed by atoms with Crippen LogP contribution in [0.4, 0.5) is 17.6 Å². The molecule has 0 aliphatic carbocycles. The molecule has 1 fully saturated rings. The molecule has 1 aliphatic rings. The number of nitrogens with zero attached hydrogens (tertiary/aromatic N) is 1. The second-order valence-electron chi connectivity index (χ2n) is 5.10. The van der Waals surface area contributed by atoms with E-state index in [1.54, 1.807) is 6.92 Å². The van der Waals surface area contributed by atoms with Gasteiger partial charge < -0.3 is 10.2 Å². The molecule has 0 aromatic rings. The van der Waals surface area contributed by atoms with Gasteiger partial charge in [-0.25, -0.2) is 8.78 Å². The van der Waals surface area contributed by atoms with Gasteiger partial charge in [-0.15, -0.1) is 0 Å². The summed E-state index contributed by atoms with van der Waals surface area (Å²) in [5, 5.41) is 1.90. The van der Waals surface area contributed by atoms with E-state index in [1.165, 1.54) is 6.42 Å². The van der Waals surface area contributed by atoms with Crippen molar-refractivity contribution in [2.45, 2.75) is 38.5 Å². The van der Waals surface area contributed by atoms with Crippen molar-refractivity contribution in [1.82, 2.24) is 10.2 Å². The van der Waals surface area contributed by atoms with Crippen molar-refractivity contribution in [1.29, 1.82) is 0 Å². The summed E-state index contributed by atoms with van der Waals surface area (Å²) in [5.41, 5.74) is 0. The van der Waals surface area contributed by atoms with E-state index in [1.807, 2.05) is 5.32 Å². The van der Waals surface area contributed by atoms with E-state index in [4.69, 9.17) is 0 Å². The largest absolute Gasteiger partial charge is 0.383 e. The molecule has 1 unspecified atom stereocenters. The highest BCUT2D eigenvalue weighted by Crippen LogP contribution is 2.22. The molecule has 1 N–H and O–H groups in total. The molecule has 0 aromatic carbocycles. The molecule has 1 amide bonds. The van der Waals surface area contributed by atoms with Crippen LogP contribution in [0.3, 0.4) is 0 Å². The van der Waals surface area contributed by atoms with Crippen LogP contribution in [0.1, 0.15) is 26.2 Å². The summed E-state index contributed by atoms with van der Waals surface area (Å²) in [6.45, 7) is 4.39. The first-order valence-corrected chi connectivity index (χ1v) is 6.50. The van der Waals surface area contributed by atoms with Gasteiger partial charge in [-0.1, -0.05) is 13.3 Å². The van der Waals surface area contributed by atoms with Crippen molar-refractivity contribution in [3.63, 3.8) is 0 Å². The second-order valence-corrected chi connectivity index (χ2v) is 5.10. The number of hydrogen-bond donors (Lipinski definition) is 1. The molecule has 0 spiro atoms. The summed E-state index contributed by atoms with van der Waals surface area (Å²) in [5.74, 6) is -6.55. The number of piperidine rings is 1. The number of nitrogens with one attached hydrogen (secondary N) is 1. The van der Waals surface area contributed by atoms with Gasteiger partial charge in [-0.3, -0.25) is 4.79 Å². The van der Waals surface area contributed by atoms with Gasteiger partial charge in [0.2, 0.25) is 0 Å². The molecule has 112 valence electrons. The highest BCUT2D eigenvalue weighted by Gasteiger charge is 2.48. The van der Waals surface area contributed by atoms with Gasteiger partial charge in [-0.2, -0.15) is 8.78 Å². The zero-order chi connectivity index (χ0) is 14.5. The summed E-state index contributed by atoms with van der Waals surface area (Å²) in [6, 6.07) is 0. The van der Waals surface area contributed by atoms with Crippen LogP contribution in [0.5, 0.6) is 0 Å². The molecule has 0 radical (unpaired) electrons. The quantitative estimate of drug-likeness (QED) is 0.758. The van der Waals surface area contributed by atoms with Crippen LogP contribution >= 0.6 is 0 Å². The molecule has 19 heavy (non-hydrogen) atoms. The van der Waals surface area contributed by atoms with Crippen LogP contribution in [0, 0.1) is 5.92 Å². The topological polar surface area (TPSA) is 32.3 Å². The van der Waals surface area contributed by atoms with E-state index in [2.05, 4.69) is 4.90 Å². The number of amides is 1. The molecular formula is C12H20F4N2O. The van der Waals surface area contributed by atoms with E-state index >= 15 is 0 Å². The first kappa shape index (κ1) is 16.2. The fraction of sp³-hybridized carbons (Fsp3) is 0.917. The zero-order valence-corrected chi connectivity index (χ0v) is 11.0. The lowest BCUT2D eigenvalue weighted by Crippen LogP contribution is -2.47. The summed E-state index contributed by atoms with van der Waals surface area (Å²) in [7, 11) is 0. The Hall–Kier alpha value is -0.850. The summed E-state index contributed by atoms with van der Waals surface area (Å²) >= 11 is 0. The van der Waals surface area contributed by atoms with Crippen molar-refractivity contribution in [2.75, 3.05) is 26.2 Å². The highest BCUT2D eigenvalue weighted by molar-refractivity contribution is 5.83. The van der Waals surface area contributed by atoms with Crippen molar-refractivity contribution in [3.05, 3.63) is 0 Å². The predicted molar refractivity (Wildman–Crippen MR) is 63.4 cm³/mol. The minimum absolute atomic E-state index is 0.0162. The Labute approximate surface area is 110 Å². The molecule has 0 aromatic heterocycles. The van der Waals surface area contributed by atoms with Crippen molar-refractivity contribution in [2.24, 2.45) is 5.92 Å². The lowest BCUT2D eigenvalue weighted by Gasteiger charge is -2.29. The third-order valence-corrected chi connectivity index (χ3v) is 3.21. The monoisotopic (exact) mass is 284 g/mol. The average molecular weight is 284 g/mol. The number of halogens is 4. The van der Waals surface area contributed by atoms with Crippen LogP contribution in [-0.4, -0.2) is 49.3 Å². The molecular weight excluding hydrogens is 264 g/mol. The predicted octanol–water partition coefficient (Wildman–Crippen LogP) is 2.12. The Kier molecular flexibility index (Phi) is 6.03. The van der Waals surface area contributed by atoms with Gasteiger partial charge in [0, 0.05) is 13.1 Å². The van der Waals surface area contributed by atoms with Crippen molar-refractivity contribution >= 4 is 5.91 Å². The van der Waals surface area contributed by atoms with Crippen molar-refractivity contribution < 1.29 is 22.4 Å². The van der Waals surface area contributed by atoms with Crippen LogP contribution in [0.2, 0.25) is 0 Å². The Morgan fingerprint density at radius 2 is 1.84 bits per heavy atom. The molecule has 0 bridgehead atoms. The molecule has 0 saturated carbocycles. The number of carbonyl (C=O) groups is 1. The SMILES string of the molecule is CC(CNC(=O)C(F)(F)C(F)F)CN1CCCCC1. The summed E-state index contributed by atoms with van der Waals surface area (Å²) < 4.78 is 49.2. The maximum atomic E-state index is 12.7. The fourth-order valence-corrected chi connectivity index (χ4v) is 2.13. The standard InChI is InChI=1S/C12H20F4N2O/c1-9(8-18-5-3-2-4-6-18)7-17-11(19)12(15,16)10(13)14/h9-10H,2-8H2,1H3,(H,17,19). The Morgan fingerprint density at radius 3 is 2.37 bits per heavy atom. The molecule has 7 heteroatoms. The normalized spacial score (nSPS) is 19.5. The Morgan fingerprint density at radius 1 is 1.26 bits per heavy atom. The third kappa shape index (κ3) is 4.97. The number of carbonyl (C=O) groups excluding carboxylic acids is 1. The molecule has 3 nitrogen and oxygen atoms in total. The highest BCUT2D eigenvalue weighted by atomic mass is 19.3. The number of rotatable bonds is 6. The van der Waals surface area contributed by atoms with E-state index in [-0.39, 0.29) is 12.5 Å². The van der Waals surface area contributed by atoms with Crippen LogP contribution in [-0.2, 0) is 4.79 Å². The van der Waals surface area contributed by atoms with Gasteiger partial charge in [0.1, 0.15) is 0 Å². The van der Waals surface area contributed by atoms with E-state index < -0.39 is 18.3 Å². The van der Waals surface area contributed by atoms with Gasteiger partial charge in [-0.05, 0) is 31.8 Å².